The zero-order valence-electron chi connectivity index (χ0n) is 16.4. The summed E-state index contributed by atoms with van der Waals surface area (Å²) in [6, 6.07) is 11.1. The summed E-state index contributed by atoms with van der Waals surface area (Å²) in [5.41, 5.74) is 0.365. The van der Waals surface area contributed by atoms with Gasteiger partial charge in [-0.05, 0) is 43.3 Å². The smallest absolute Gasteiger partial charge is 0.256 e. The summed E-state index contributed by atoms with van der Waals surface area (Å²) in [7, 11) is -5.82. The summed E-state index contributed by atoms with van der Waals surface area (Å²) in [5, 5.41) is 2.60. The number of anilines is 1. The maximum absolute atomic E-state index is 12.6. The molecule has 0 radical (unpaired) electrons. The highest BCUT2D eigenvalue weighted by molar-refractivity contribution is 7.91. The third kappa shape index (κ3) is 5.86. The molecule has 0 saturated heterocycles. The Morgan fingerprint density at radius 1 is 1.03 bits per heavy atom. The number of rotatable bonds is 9. The molecule has 2 aromatic carbocycles. The number of methoxy groups -OCH3 is 1. The fourth-order valence-corrected chi connectivity index (χ4v) is 4.93. The number of carbonyl (C=O) groups is 1. The monoisotopic (exact) mass is 440 g/mol. The zero-order valence-corrected chi connectivity index (χ0v) is 18.0. The number of sulfonamides is 1. The molecule has 0 aliphatic heterocycles. The van der Waals surface area contributed by atoms with Gasteiger partial charge in [-0.1, -0.05) is 19.1 Å². The van der Waals surface area contributed by atoms with E-state index in [1.165, 1.54) is 50.4 Å². The van der Waals surface area contributed by atoms with Crippen LogP contribution >= 0.6 is 0 Å². The maximum Gasteiger partial charge on any atom is 0.256 e. The highest BCUT2D eigenvalue weighted by atomic mass is 32.2. The van der Waals surface area contributed by atoms with Gasteiger partial charge in [0.25, 0.3) is 5.91 Å². The first-order valence-corrected chi connectivity index (χ1v) is 12.0. The van der Waals surface area contributed by atoms with Gasteiger partial charge in [0.1, 0.15) is 0 Å². The van der Waals surface area contributed by atoms with E-state index in [1.54, 1.807) is 19.1 Å². The van der Waals surface area contributed by atoms with E-state index < -0.39 is 31.8 Å². The Morgan fingerprint density at radius 3 is 2.24 bits per heavy atom. The lowest BCUT2D eigenvalue weighted by atomic mass is 10.2. The van der Waals surface area contributed by atoms with Crippen molar-refractivity contribution < 1.29 is 26.4 Å². The van der Waals surface area contributed by atoms with Crippen LogP contribution in [0.1, 0.15) is 24.2 Å². The van der Waals surface area contributed by atoms with Crippen molar-refractivity contribution in [3.63, 3.8) is 0 Å². The third-order valence-electron chi connectivity index (χ3n) is 4.04. The molecule has 2 N–H and O–H groups in total. The minimum absolute atomic E-state index is 0.0288. The third-order valence-corrected chi connectivity index (χ3v) is 7.43. The van der Waals surface area contributed by atoms with Crippen LogP contribution in [0.2, 0.25) is 0 Å². The lowest BCUT2D eigenvalue weighted by Gasteiger charge is -2.14. The van der Waals surface area contributed by atoms with Crippen LogP contribution in [-0.2, 0) is 24.6 Å². The fraction of sp³-hybridized carbons (Fsp3) is 0.316. The summed E-state index contributed by atoms with van der Waals surface area (Å²) in [6.45, 7) is 3.41. The van der Waals surface area contributed by atoms with Gasteiger partial charge in [-0.15, -0.1) is 0 Å². The van der Waals surface area contributed by atoms with Gasteiger partial charge in [0, 0.05) is 18.8 Å². The van der Waals surface area contributed by atoms with E-state index in [0.29, 0.717) is 5.69 Å². The van der Waals surface area contributed by atoms with Gasteiger partial charge >= 0.3 is 0 Å². The van der Waals surface area contributed by atoms with E-state index in [0.717, 1.165) is 0 Å². The highest BCUT2D eigenvalue weighted by Crippen LogP contribution is 2.20. The minimum atomic E-state index is -3.73. The van der Waals surface area contributed by atoms with E-state index in [9.17, 15) is 21.6 Å². The van der Waals surface area contributed by atoms with Crippen LogP contribution in [0.25, 0.3) is 0 Å². The minimum Gasteiger partial charge on any atom is -0.383 e. The van der Waals surface area contributed by atoms with Crippen molar-refractivity contribution in [2.75, 3.05) is 24.8 Å². The van der Waals surface area contributed by atoms with Gasteiger partial charge in [0.2, 0.25) is 10.0 Å². The van der Waals surface area contributed by atoms with Gasteiger partial charge < -0.3 is 10.1 Å². The molecular weight excluding hydrogens is 416 g/mol. The Hall–Kier alpha value is -2.27. The molecule has 0 aromatic heterocycles. The number of hydrogen-bond acceptors (Lipinski definition) is 6. The standard InChI is InChI=1S/C19H24N2O6S2/c1-4-28(23,24)18-8-6-5-7-17(18)19(22)20-15-9-11-16(12-10-15)29(25,26)21-14(2)13-27-3/h5-12,14,21H,4,13H2,1-3H3,(H,20,22). The maximum atomic E-state index is 12.6. The van der Waals surface area contributed by atoms with Crippen LogP contribution in [0.4, 0.5) is 5.69 Å². The van der Waals surface area contributed by atoms with Gasteiger partial charge in [-0.3, -0.25) is 4.79 Å². The number of benzene rings is 2. The number of ether oxygens (including phenoxy) is 1. The fourth-order valence-electron chi connectivity index (χ4n) is 2.61. The van der Waals surface area contributed by atoms with Gasteiger partial charge in [-0.25, -0.2) is 21.6 Å². The molecular formula is C19H24N2O6S2. The van der Waals surface area contributed by atoms with Crippen molar-refractivity contribution in [2.24, 2.45) is 0 Å². The summed E-state index contributed by atoms with van der Waals surface area (Å²) in [5.74, 6) is -0.724. The molecule has 0 spiro atoms. The van der Waals surface area contributed by atoms with E-state index in [4.69, 9.17) is 4.74 Å². The molecule has 2 aromatic rings. The van der Waals surface area contributed by atoms with Crippen LogP contribution in [0.3, 0.4) is 0 Å². The Balaban J connectivity index is 2.20. The Bertz CT molecular complexity index is 1060. The Morgan fingerprint density at radius 2 is 1.66 bits per heavy atom. The predicted molar refractivity (Wildman–Crippen MR) is 110 cm³/mol. The number of carbonyl (C=O) groups excluding carboxylic acids is 1. The molecule has 0 aliphatic rings. The topological polar surface area (TPSA) is 119 Å². The molecule has 0 heterocycles. The average molecular weight is 441 g/mol. The second kappa shape index (κ2) is 9.49. The van der Waals surface area contributed by atoms with Crippen molar-refractivity contribution in [1.29, 1.82) is 0 Å². The van der Waals surface area contributed by atoms with Crippen molar-refractivity contribution in [2.45, 2.75) is 29.7 Å². The number of sulfone groups is 1. The lowest BCUT2D eigenvalue weighted by molar-refractivity contribution is 0.102. The SMILES string of the molecule is CCS(=O)(=O)c1ccccc1C(=O)Nc1ccc(S(=O)(=O)NC(C)COC)cc1. The molecule has 0 bridgehead atoms. The highest BCUT2D eigenvalue weighted by Gasteiger charge is 2.21. The molecule has 29 heavy (non-hydrogen) atoms. The van der Waals surface area contributed by atoms with Crippen LogP contribution < -0.4 is 10.0 Å². The van der Waals surface area contributed by atoms with Crippen LogP contribution in [0, 0.1) is 0 Å². The molecule has 1 atom stereocenters. The Labute approximate surface area is 171 Å². The van der Waals surface area contributed by atoms with E-state index in [1.807, 2.05) is 0 Å². The van der Waals surface area contributed by atoms with E-state index in [2.05, 4.69) is 10.0 Å². The molecule has 0 aliphatic carbocycles. The van der Waals surface area contributed by atoms with Crippen molar-refractivity contribution in [3.8, 4) is 0 Å². The first kappa shape index (κ1) is 23.0. The van der Waals surface area contributed by atoms with Gasteiger partial charge in [0.15, 0.2) is 9.84 Å². The summed E-state index contributed by atoms with van der Waals surface area (Å²) in [4.78, 5) is 12.6. The van der Waals surface area contributed by atoms with E-state index >= 15 is 0 Å². The molecule has 1 unspecified atom stereocenters. The molecule has 0 saturated carbocycles. The Kier molecular flexibility index (Phi) is 7.53. The normalized spacial score (nSPS) is 13.1. The second-order valence-corrected chi connectivity index (χ2v) is 10.3. The number of amides is 1. The number of hydrogen-bond donors (Lipinski definition) is 2. The van der Waals surface area contributed by atoms with E-state index in [-0.39, 0.29) is 27.7 Å². The lowest BCUT2D eigenvalue weighted by Crippen LogP contribution is -2.35. The van der Waals surface area contributed by atoms with Crippen molar-refractivity contribution >= 4 is 31.5 Å². The molecule has 2 rings (SSSR count). The molecule has 158 valence electrons. The van der Waals surface area contributed by atoms with Crippen LogP contribution in [0.15, 0.2) is 58.3 Å². The van der Waals surface area contributed by atoms with Crippen LogP contribution in [0.5, 0.6) is 0 Å². The largest absolute Gasteiger partial charge is 0.383 e. The first-order chi connectivity index (χ1) is 13.6. The summed E-state index contributed by atoms with van der Waals surface area (Å²) >= 11 is 0. The first-order valence-electron chi connectivity index (χ1n) is 8.85. The quantitative estimate of drug-likeness (QED) is 0.616. The van der Waals surface area contributed by atoms with Crippen molar-refractivity contribution in [3.05, 3.63) is 54.1 Å². The number of nitrogens with one attached hydrogen (secondary N) is 2. The predicted octanol–water partition coefficient (Wildman–Crippen LogP) is 2.05. The second-order valence-electron chi connectivity index (χ2n) is 6.36. The van der Waals surface area contributed by atoms with Crippen LogP contribution in [-0.4, -0.2) is 48.3 Å². The van der Waals surface area contributed by atoms with Gasteiger partial charge in [-0.2, -0.15) is 0 Å². The summed E-state index contributed by atoms with van der Waals surface area (Å²) < 4.78 is 56.5. The summed E-state index contributed by atoms with van der Waals surface area (Å²) in [6.07, 6.45) is 0. The zero-order chi connectivity index (χ0) is 21.7. The molecule has 1 amide bonds. The molecule has 10 heteroatoms. The average Bonchev–Trinajstić information content (AvgIpc) is 2.68. The van der Waals surface area contributed by atoms with Gasteiger partial charge in [0.05, 0.1) is 27.7 Å². The molecule has 0 fully saturated rings. The van der Waals surface area contributed by atoms with Crippen molar-refractivity contribution in [1.82, 2.24) is 4.72 Å². The molecule has 8 nitrogen and oxygen atoms in total.